The van der Waals surface area contributed by atoms with Crippen molar-refractivity contribution < 1.29 is 19.0 Å². The number of phenols is 1. The minimum Gasteiger partial charge on any atom is -0.507 e. The van der Waals surface area contributed by atoms with Gasteiger partial charge in [0.25, 0.3) is 0 Å². The second-order valence-corrected chi connectivity index (χ2v) is 3.72. The fraction of sp³-hybridized carbons (Fsp3) is 0.0714. The predicted octanol–water partition coefficient (Wildman–Crippen LogP) is 2.92. The van der Waals surface area contributed by atoms with E-state index in [1.807, 2.05) is 0 Å². The number of hydrogen-bond acceptors (Lipinski definition) is 3. The average molecular weight is 246 g/mol. The van der Waals surface area contributed by atoms with Crippen LogP contribution in [0.2, 0.25) is 0 Å². The number of carbonyl (C=O) groups excluding carboxylic acids is 1. The number of benzene rings is 2. The summed E-state index contributed by atoms with van der Waals surface area (Å²) in [5, 5.41) is 9.46. The summed E-state index contributed by atoms with van der Waals surface area (Å²) >= 11 is 0. The topological polar surface area (TPSA) is 46.5 Å². The second-order valence-electron chi connectivity index (χ2n) is 3.72. The van der Waals surface area contributed by atoms with Crippen LogP contribution in [0, 0.1) is 5.82 Å². The van der Waals surface area contributed by atoms with Gasteiger partial charge in [0.2, 0.25) is 0 Å². The molecular formula is C14H11FO3. The molecule has 18 heavy (non-hydrogen) atoms. The molecule has 0 aromatic heterocycles. The second kappa shape index (κ2) is 5.31. The van der Waals surface area contributed by atoms with Crippen molar-refractivity contribution >= 4 is 6.29 Å². The van der Waals surface area contributed by atoms with Gasteiger partial charge >= 0.3 is 0 Å². The molecule has 2 rings (SSSR count). The number of hydrogen-bond donors (Lipinski definition) is 1. The molecule has 0 aliphatic carbocycles. The summed E-state index contributed by atoms with van der Waals surface area (Å²) in [5.74, 6) is -0.122. The first-order chi connectivity index (χ1) is 8.70. The molecule has 0 unspecified atom stereocenters. The summed E-state index contributed by atoms with van der Waals surface area (Å²) in [5.41, 5.74) is 0.615. The fourth-order valence-electron chi connectivity index (χ4n) is 1.49. The van der Waals surface area contributed by atoms with Crippen molar-refractivity contribution in [1.82, 2.24) is 0 Å². The molecule has 0 heterocycles. The van der Waals surface area contributed by atoms with Gasteiger partial charge in [0.1, 0.15) is 23.9 Å². The lowest BCUT2D eigenvalue weighted by atomic mass is 10.2. The van der Waals surface area contributed by atoms with E-state index in [1.165, 1.54) is 18.2 Å². The molecule has 92 valence electrons. The van der Waals surface area contributed by atoms with E-state index < -0.39 is 0 Å². The van der Waals surface area contributed by atoms with Crippen LogP contribution in [0.4, 0.5) is 4.39 Å². The lowest BCUT2D eigenvalue weighted by Crippen LogP contribution is -1.98. The van der Waals surface area contributed by atoms with E-state index in [1.54, 1.807) is 24.3 Å². The molecule has 0 amide bonds. The minimum atomic E-state index is -0.341. The van der Waals surface area contributed by atoms with E-state index in [0.29, 0.717) is 17.6 Å². The van der Waals surface area contributed by atoms with Crippen molar-refractivity contribution in [3.8, 4) is 11.5 Å². The van der Waals surface area contributed by atoms with Crippen LogP contribution in [0.25, 0.3) is 0 Å². The van der Waals surface area contributed by atoms with E-state index in [4.69, 9.17) is 4.74 Å². The van der Waals surface area contributed by atoms with Gasteiger partial charge in [0, 0.05) is 11.6 Å². The zero-order chi connectivity index (χ0) is 13.0. The highest BCUT2D eigenvalue weighted by molar-refractivity contribution is 5.79. The summed E-state index contributed by atoms with van der Waals surface area (Å²) in [7, 11) is 0. The maximum atomic E-state index is 13.3. The van der Waals surface area contributed by atoms with Crippen molar-refractivity contribution in [1.29, 1.82) is 0 Å². The Balaban J connectivity index is 2.09. The molecule has 2 aromatic carbocycles. The van der Waals surface area contributed by atoms with Crippen molar-refractivity contribution in [2.45, 2.75) is 6.61 Å². The third kappa shape index (κ3) is 2.66. The molecule has 1 N–H and O–H groups in total. The summed E-state index contributed by atoms with van der Waals surface area (Å²) in [6, 6.07) is 10.6. The van der Waals surface area contributed by atoms with Crippen molar-refractivity contribution in [3.05, 3.63) is 59.4 Å². The highest BCUT2D eigenvalue weighted by Gasteiger charge is 2.04. The number of aldehydes is 1. The Kier molecular flexibility index (Phi) is 3.57. The van der Waals surface area contributed by atoms with Gasteiger partial charge in [-0.2, -0.15) is 0 Å². The Labute approximate surface area is 103 Å². The molecule has 0 fully saturated rings. The van der Waals surface area contributed by atoms with Gasteiger partial charge in [-0.15, -0.1) is 0 Å². The monoisotopic (exact) mass is 246 g/mol. The van der Waals surface area contributed by atoms with E-state index >= 15 is 0 Å². The molecule has 0 aliphatic rings. The van der Waals surface area contributed by atoms with Crippen LogP contribution in [0.5, 0.6) is 11.5 Å². The number of carbonyl (C=O) groups is 1. The number of phenolic OH excluding ortho intramolecular Hbond substituents is 1. The van der Waals surface area contributed by atoms with E-state index in [2.05, 4.69) is 0 Å². The third-order valence-electron chi connectivity index (χ3n) is 2.48. The predicted molar refractivity (Wildman–Crippen MR) is 64.2 cm³/mol. The smallest absolute Gasteiger partial charge is 0.153 e. The molecule has 4 heteroatoms. The Morgan fingerprint density at radius 3 is 2.67 bits per heavy atom. The SMILES string of the molecule is O=Cc1ccc(OCc2ccccc2F)cc1O. The largest absolute Gasteiger partial charge is 0.507 e. The normalized spacial score (nSPS) is 10.1. The first-order valence-electron chi connectivity index (χ1n) is 5.35. The molecule has 0 saturated heterocycles. The van der Waals surface area contributed by atoms with Gasteiger partial charge in [-0.25, -0.2) is 4.39 Å². The fourth-order valence-corrected chi connectivity index (χ4v) is 1.49. The molecule has 3 nitrogen and oxygen atoms in total. The van der Waals surface area contributed by atoms with Crippen molar-refractivity contribution in [2.24, 2.45) is 0 Å². The van der Waals surface area contributed by atoms with Crippen LogP contribution in [-0.4, -0.2) is 11.4 Å². The van der Waals surface area contributed by atoms with Gasteiger partial charge in [-0.05, 0) is 18.2 Å². The van der Waals surface area contributed by atoms with Gasteiger partial charge in [0.05, 0.1) is 5.56 Å². The maximum Gasteiger partial charge on any atom is 0.153 e. The highest BCUT2D eigenvalue weighted by Crippen LogP contribution is 2.23. The molecule has 0 radical (unpaired) electrons. The van der Waals surface area contributed by atoms with Gasteiger partial charge in [-0.1, -0.05) is 18.2 Å². The van der Waals surface area contributed by atoms with Gasteiger partial charge in [0.15, 0.2) is 6.29 Å². The zero-order valence-corrected chi connectivity index (χ0v) is 9.47. The summed E-state index contributed by atoms with van der Waals surface area (Å²) in [4.78, 5) is 10.5. The van der Waals surface area contributed by atoms with Crippen LogP contribution < -0.4 is 4.74 Å². The standard InChI is InChI=1S/C14H11FO3/c15-13-4-2-1-3-11(13)9-18-12-6-5-10(8-16)14(17)7-12/h1-8,17H,9H2. The molecular weight excluding hydrogens is 235 g/mol. The lowest BCUT2D eigenvalue weighted by molar-refractivity contribution is 0.112. The number of rotatable bonds is 4. The van der Waals surface area contributed by atoms with Crippen molar-refractivity contribution in [2.75, 3.05) is 0 Å². The summed E-state index contributed by atoms with van der Waals surface area (Å²) in [6.45, 7) is 0.0621. The highest BCUT2D eigenvalue weighted by atomic mass is 19.1. The Hall–Kier alpha value is -2.36. The first kappa shape index (κ1) is 12.1. The van der Waals surface area contributed by atoms with E-state index in [-0.39, 0.29) is 23.7 Å². The van der Waals surface area contributed by atoms with Crippen molar-refractivity contribution in [3.63, 3.8) is 0 Å². The molecule has 0 bridgehead atoms. The zero-order valence-electron chi connectivity index (χ0n) is 9.47. The molecule has 0 aliphatic heterocycles. The third-order valence-corrected chi connectivity index (χ3v) is 2.48. The van der Waals surface area contributed by atoms with Crippen LogP contribution in [0.15, 0.2) is 42.5 Å². The van der Waals surface area contributed by atoms with E-state index in [9.17, 15) is 14.3 Å². The minimum absolute atomic E-state index is 0.0621. The van der Waals surface area contributed by atoms with Crippen LogP contribution in [-0.2, 0) is 6.61 Å². The lowest BCUT2D eigenvalue weighted by Gasteiger charge is -2.08. The average Bonchev–Trinajstić information content (AvgIpc) is 2.38. The molecule has 0 atom stereocenters. The molecule has 0 saturated carbocycles. The van der Waals surface area contributed by atoms with Crippen LogP contribution >= 0.6 is 0 Å². The van der Waals surface area contributed by atoms with Gasteiger partial charge in [-0.3, -0.25) is 4.79 Å². The maximum absolute atomic E-state index is 13.3. The summed E-state index contributed by atoms with van der Waals surface area (Å²) < 4.78 is 18.7. The number of aromatic hydroxyl groups is 1. The van der Waals surface area contributed by atoms with Gasteiger partial charge < -0.3 is 9.84 Å². The first-order valence-corrected chi connectivity index (χ1v) is 5.35. The molecule has 2 aromatic rings. The Morgan fingerprint density at radius 1 is 1.22 bits per heavy atom. The Morgan fingerprint density at radius 2 is 2.00 bits per heavy atom. The van der Waals surface area contributed by atoms with Crippen LogP contribution in [0.3, 0.4) is 0 Å². The summed E-state index contributed by atoms with van der Waals surface area (Å²) in [6.07, 6.45) is 0.552. The van der Waals surface area contributed by atoms with Crippen LogP contribution in [0.1, 0.15) is 15.9 Å². The molecule has 0 spiro atoms. The number of halogens is 1. The quantitative estimate of drug-likeness (QED) is 0.844. The number of ether oxygens (including phenoxy) is 1. The van der Waals surface area contributed by atoms with E-state index in [0.717, 1.165) is 0 Å². The Bertz CT molecular complexity index is 567.